The van der Waals surface area contributed by atoms with E-state index in [2.05, 4.69) is 42.2 Å². The predicted octanol–water partition coefficient (Wildman–Crippen LogP) is 0.510. The Morgan fingerprint density at radius 1 is 1.07 bits per heavy atom. The number of nitrogens with one attached hydrogen (secondary N) is 1. The van der Waals surface area contributed by atoms with Gasteiger partial charge in [-0.3, -0.25) is 28.0 Å². The van der Waals surface area contributed by atoms with Crippen molar-refractivity contribution < 1.29 is 32.6 Å². The molecule has 0 aliphatic carbocycles. The largest absolute Gasteiger partial charge is 0.386 e. The van der Waals surface area contributed by atoms with Crippen LogP contribution in [0.3, 0.4) is 0 Å². The monoisotopic (exact) mass is 620 g/mol. The van der Waals surface area contributed by atoms with Gasteiger partial charge in [-0.05, 0) is 6.92 Å². The van der Waals surface area contributed by atoms with E-state index in [4.69, 9.17) is 39.5 Å². The van der Waals surface area contributed by atoms with Crippen molar-refractivity contribution in [2.75, 3.05) is 24.7 Å². The maximum atomic E-state index is 13.5. The highest BCUT2D eigenvalue weighted by Crippen LogP contribution is 2.59. The number of fused-ring (bicyclic) bond motifs is 4. The van der Waals surface area contributed by atoms with E-state index in [-0.39, 0.29) is 48.5 Å². The van der Waals surface area contributed by atoms with E-state index in [1.807, 2.05) is 6.92 Å². The molecule has 0 amide bonds. The Labute approximate surface area is 240 Å². The number of aromatic amines is 1. The minimum atomic E-state index is -3.97. The summed E-state index contributed by atoms with van der Waals surface area (Å²) in [6.07, 6.45) is 0.288. The molecule has 4 fully saturated rings. The van der Waals surface area contributed by atoms with Gasteiger partial charge in [-0.2, -0.15) is 4.98 Å². The van der Waals surface area contributed by atoms with Crippen LogP contribution in [-0.2, 0) is 32.6 Å². The molecule has 9 atom stereocenters. The van der Waals surface area contributed by atoms with Gasteiger partial charge in [0.25, 0.3) is 5.56 Å². The van der Waals surface area contributed by atoms with Crippen molar-refractivity contribution in [2.45, 2.75) is 56.0 Å². The first-order valence-corrected chi connectivity index (χ1v) is 15.7. The zero-order valence-electron chi connectivity index (χ0n) is 21.8. The van der Waals surface area contributed by atoms with Crippen molar-refractivity contribution in [2.24, 2.45) is 5.92 Å². The molecule has 2 bridgehead atoms. The number of imidazole rings is 2. The maximum Gasteiger partial charge on any atom is 0.386 e. The lowest BCUT2D eigenvalue weighted by Gasteiger charge is -2.51. The molecule has 8 heterocycles. The smallest absolute Gasteiger partial charge is 0.382 e. The molecular weight excluding hydrogens is 595 g/mol. The first-order chi connectivity index (χ1) is 20.1. The fourth-order valence-corrected chi connectivity index (χ4v) is 7.77. The summed E-state index contributed by atoms with van der Waals surface area (Å²) in [5, 5.41) is 0. The molecule has 4 aromatic rings. The average Bonchev–Trinajstić information content (AvgIpc) is 3.69. The number of anilines is 2. The van der Waals surface area contributed by atoms with Gasteiger partial charge in [-0.1, -0.05) is 12.2 Å². The van der Waals surface area contributed by atoms with Gasteiger partial charge in [0.1, 0.15) is 24.1 Å². The lowest BCUT2D eigenvalue weighted by Crippen LogP contribution is -2.63. The summed E-state index contributed by atoms with van der Waals surface area (Å²) in [5.41, 5.74) is 11.6. The van der Waals surface area contributed by atoms with Gasteiger partial charge in [0, 0.05) is 12.3 Å². The Hall–Kier alpha value is -3.16. The van der Waals surface area contributed by atoms with Gasteiger partial charge in [-0.25, -0.2) is 24.5 Å². The van der Waals surface area contributed by atoms with Crippen LogP contribution >= 0.6 is 19.0 Å². The average molecular weight is 621 g/mol. The standard InChI is InChI=1S/C22H25N10O8PS/c1-22-4-35-10-2-8(19(38-10)32-7-28-13-17(32)29-21(24)30-18(13)33)40-41(34,42)36-3-9-11(22)14(39-22)20(37-9)31-6-27-12-15(23)25-5-26-16(12)31/h5-11,14,19-20H,2-4H2,1H3,(H,34,42)(H2,23,25,26)(H3,24,29,30,33)/t8-,9-,10?,11-,14-,19-,20-,22?,41?/m1/s1. The molecular formula is C22H25N10O8PS. The lowest BCUT2D eigenvalue weighted by atomic mass is 9.76. The van der Waals surface area contributed by atoms with E-state index < -0.39 is 55.0 Å². The van der Waals surface area contributed by atoms with Gasteiger partial charge in [-0.15, -0.1) is 0 Å². The SMILES string of the molecule is CC12COC3C[C@@H](OP(=O)(S)OC[C@H]4O[C@@H](n5cnc6c(N)ncnc65)[C@H](O1)[C@@H]42)[C@H](n1cnc2c(=O)[nH]c(N)nc21)O3. The second-order valence-corrected chi connectivity index (χ2v) is 13.6. The van der Waals surface area contributed by atoms with Crippen LogP contribution in [-0.4, -0.2) is 82.5 Å². The molecule has 42 heavy (non-hydrogen) atoms. The quantitative estimate of drug-likeness (QED) is 0.177. The number of thiol groups is 1. The van der Waals surface area contributed by atoms with Crippen molar-refractivity contribution in [3.63, 3.8) is 0 Å². The Morgan fingerprint density at radius 3 is 2.69 bits per heavy atom. The molecule has 4 aromatic heterocycles. The maximum absolute atomic E-state index is 13.5. The highest BCUT2D eigenvalue weighted by atomic mass is 32.7. The number of ether oxygens (including phenoxy) is 4. The number of nitrogens with two attached hydrogens (primary N) is 2. The summed E-state index contributed by atoms with van der Waals surface area (Å²) in [5.74, 6) is -0.0763. The van der Waals surface area contributed by atoms with Gasteiger partial charge in [0.05, 0.1) is 37.6 Å². The first kappa shape index (κ1) is 26.5. The number of hydrogen-bond acceptors (Lipinski definition) is 15. The molecule has 3 unspecified atom stereocenters. The molecule has 4 saturated heterocycles. The van der Waals surface area contributed by atoms with Crippen molar-refractivity contribution >= 4 is 53.1 Å². The van der Waals surface area contributed by atoms with E-state index >= 15 is 0 Å². The van der Waals surface area contributed by atoms with E-state index in [0.29, 0.717) is 11.2 Å². The van der Waals surface area contributed by atoms with Crippen molar-refractivity contribution in [3.8, 4) is 0 Å². The Bertz CT molecular complexity index is 1830. The topological polar surface area (TPSA) is 232 Å². The van der Waals surface area contributed by atoms with E-state index in [0.717, 1.165) is 0 Å². The Balaban J connectivity index is 1.09. The van der Waals surface area contributed by atoms with Gasteiger partial charge in [0.15, 0.2) is 41.4 Å². The Morgan fingerprint density at radius 2 is 1.86 bits per heavy atom. The van der Waals surface area contributed by atoms with Crippen molar-refractivity contribution in [1.29, 1.82) is 0 Å². The minimum Gasteiger partial charge on any atom is -0.382 e. The van der Waals surface area contributed by atoms with E-state index in [1.165, 1.54) is 17.2 Å². The van der Waals surface area contributed by atoms with E-state index in [1.54, 1.807) is 10.9 Å². The first-order valence-electron chi connectivity index (χ1n) is 13.0. The van der Waals surface area contributed by atoms with Crippen LogP contribution in [0.2, 0.25) is 0 Å². The lowest BCUT2D eigenvalue weighted by molar-refractivity contribution is -0.288. The van der Waals surface area contributed by atoms with Crippen molar-refractivity contribution in [3.05, 3.63) is 29.3 Å². The number of aromatic nitrogens is 8. The normalized spacial score (nSPS) is 38.2. The molecule has 4 aliphatic heterocycles. The molecule has 0 radical (unpaired) electrons. The summed E-state index contributed by atoms with van der Waals surface area (Å²) < 4.78 is 53.6. The summed E-state index contributed by atoms with van der Waals surface area (Å²) in [6, 6.07) is 0. The number of hydrogen-bond donors (Lipinski definition) is 4. The molecule has 0 spiro atoms. The van der Waals surface area contributed by atoms with Crippen LogP contribution in [0.4, 0.5) is 11.8 Å². The number of nitrogens with zero attached hydrogens (tertiary/aromatic N) is 7. The van der Waals surface area contributed by atoms with Gasteiger partial charge < -0.3 is 30.4 Å². The van der Waals surface area contributed by atoms with Crippen LogP contribution < -0.4 is 17.0 Å². The fourth-order valence-electron chi connectivity index (χ4n) is 6.28. The molecule has 222 valence electrons. The number of rotatable bonds is 2. The summed E-state index contributed by atoms with van der Waals surface area (Å²) in [4.78, 5) is 35.7. The molecule has 18 nitrogen and oxygen atoms in total. The van der Waals surface area contributed by atoms with Crippen LogP contribution in [0, 0.1) is 5.92 Å². The Kier molecular flexibility index (Phi) is 5.78. The molecule has 8 rings (SSSR count). The number of nitrogen functional groups attached to an aromatic ring is 2. The molecule has 20 heteroatoms. The summed E-state index contributed by atoms with van der Waals surface area (Å²) >= 11 is 4.25. The fraction of sp³-hybridized carbons (Fsp3) is 0.545. The highest BCUT2D eigenvalue weighted by Gasteiger charge is 2.65. The molecule has 0 aromatic carbocycles. The third-order valence-electron chi connectivity index (χ3n) is 8.11. The van der Waals surface area contributed by atoms with Crippen molar-refractivity contribution in [1.82, 2.24) is 39.0 Å². The van der Waals surface area contributed by atoms with Crippen LogP contribution in [0.25, 0.3) is 22.3 Å². The number of H-pyrrole nitrogens is 1. The minimum absolute atomic E-state index is 0.0555. The molecule has 4 aliphatic rings. The van der Waals surface area contributed by atoms with Crippen LogP contribution in [0.5, 0.6) is 0 Å². The van der Waals surface area contributed by atoms with Gasteiger partial charge >= 0.3 is 6.80 Å². The third kappa shape index (κ3) is 3.99. The summed E-state index contributed by atoms with van der Waals surface area (Å²) in [6.45, 7) is -2.01. The van der Waals surface area contributed by atoms with Crippen LogP contribution in [0.1, 0.15) is 25.8 Å². The predicted molar refractivity (Wildman–Crippen MR) is 145 cm³/mol. The second kappa shape index (κ2) is 9.17. The third-order valence-corrected chi connectivity index (χ3v) is 9.75. The molecule has 0 saturated carbocycles. The van der Waals surface area contributed by atoms with Gasteiger partial charge in [0.2, 0.25) is 5.95 Å². The highest BCUT2D eigenvalue weighted by molar-refractivity contribution is 8.44. The zero-order chi connectivity index (χ0) is 29.0. The second-order valence-electron chi connectivity index (χ2n) is 10.8. The zero-order valence-corrected chi connectivity index (χ0v) is 23.6. The van der Waals surface area contributed by atoms with Crippen LogP contribution in [0.15, 0.2) is 23.8 Å². The summed E-state index contributed by atoms with van der Waals surface area (Å²) in [7, 11) is 0. The van der Waals surface area contributed by atoms with E-state index in [9.17, 15) is 9.36 Å². The molecule has 5 N–H and O–H groups in total.